The smallest absolute Gasteiger partial charge is 0.444 e. The normalized spacial score (nSPS) is 14.7. The number of nitrogens with zero attached hydrogens (tertiary/aromatic N) is 4. The Hall–Kier alpha value is -4.15. The first kappa shape index (κ1) is 48.9. The van der Waals surface area contributed by atoms with Gasteiger partial charge in [0.25, 0.3) is 0 Å². The number of carbonyl (C=O) groups is 3. The Bertz CT molecular complexity index is 1390. The maximum absolute atomic E-state index is 13.4. The average molecular weight is 792 g/mol. The summed E-state index contributed by atoms with van der Waals surface area (Å²) in [6.07, 6.45) is -3.00. The first-order valence-corrected chi connectivity index (χ1v) is 18.7. The molecule has 0 unspecified atom stereocenters. The topological polar surface area (TPSA) is 129 Å². The zero-order chi connectivity index (χ0) is 41.7. The standard InChI is InChI=1S/C25H39F3N6O3.C10H12F3N.C2H6.CH2O/c1-24(2,3)37-23(36)30-12-11-29-21(35)8-6-7-18-9-15-34(16-10-18)20-17-19(33-13-4-5-14-33)31-22(32-20)25(26,27)28;1-14-7-6-8-2-4-9(5-3-8)10(11,12)13;2*1-2/h17-18H,4-16H2,1-3H3,(H,29,35)(H,30,36);2-5,14H,6-7H2,1H3;1-2H3;1H2. The summed E-state index contributed by atoms with van der Waals surface area (Å²) in [5.74, 6) is -0.0500. The summed E-state index contributed by atoms with van der Waals surface area (Å²) in [6.45, 7) is 15.4. The third-order valence-corrected chi connectivity index (χ3v) is 8.40. The number of alkyl halides is 6. The summed E-state index contributed by atoms with van der Waals surface area (Å²) in [5.41, 5.74) is -0.251. The summed E-state index contributed by atoms with van der Waals surface area (Å²) in [4.78, 5) is 43.1. The second-order valence-electron chi connectivity index (χ2n) is 13.7. The molecule has 2 amide bonds. The molecule has 0 radical (unpaired) electrons. The Labute approximate surface area is 321 Å². The molecule has 2 aliphatic rings. The van der Waals surface area contributed by atoms with Crippen LogP contribution in [0.25, 0.3) is 0 Å². The SMILES string of the molecule is C=O.CC.CC(C)(C)OC(=O)NCCNC(=O)CCCC1CCN(c2cc(N3CCCC3)nc(C(F)(F)F)n2)CC1.CNCCc1ccc(C(F)(F)F)cc1. The number of alkyl carbamates (subject to hydrolysis) is 1. The van der Waals surface area contributed by atoms with E-state index in [4.69, 9.17) is 9.53 Å². The number of carbonyl (C=O) groups excluding carboxylic acids is 3. The number of hydrogen-bond donors (Lipinski definition) is 3. The fourth-order valence-corrected chi connectivity index (χ4v) is 5.72. The first-order chi connectivity index (χ1) is 25.9. The molecular formula is C38H59F6N7O4. The maximum Gasteiger partial charge on any atom is 0.451 e. The van der Waals surface area contributed by atoms with E-state index in [9.17, 15) is 35.9 Å². The Kier molecular flexibility index (Phi) is 21.7. The van der Waals surface area contributed by atoms with E-state index in [1.54, 1.807) is 26.8 Å². The largest absolute Gasteiger partial charge is 0.451 e. The number of aromatic nitrogens is 2. The highest BCUT2D eigenvalue weighted by Gasteiger charge is 2.37. The molecule has 2 saturated heterocycles. The van der Waals surface area contributed by atoms with Gasteiger partial charge in [-0.25, -0.2) is 14.8 Å². The van der Waals surface area contributed by atoms with E-state index < -0.39 is 35.4 Å². The lowest BCUT2D eigenvalue weighted by atomic mass is 9.91. The zero-order valence-corrected chi connectivity index (χ0v) is 33.0. The van der Waals surface area contributed by atoms with E-state index in [0.29, 0.717) is 56.7 Å². The van der Waals surface area contributed by atoms with Crippen LogP contribution in [0.2, 0.25) is 0 Å². The van der Waals surface area contributed by atoms with Gasteiger partial charge in [-0.3, -0.25) is 4.79 Å². The van der Waals surface area contributed by atoms with Gasteiger partial charge < -0.3 is 35.3 Å². The molecule has 1 aromatic carbocycles. The fraction of sp³-hybridized carbons (Fsp3) is 0.658. The number of ether oxygens (including phenoxy) is 1. The number of likely N-dealkylation sites (N-methyl/N-ethyl adjacent to an activating group) is 1. The highest BCUT2D eigenvalue weighted by molar-refractivity contribution is 5.75. The van der Waals surface area contributed by atoms with Crippen molar-refractivity contribution in [3.05, 3.63) is 47.3 Å². The molecule has 3 heterocycles. The minimum atomic E-state index is -4.59. The van der Waals surface area contributed by atoms with Crippen molar-refractivity contribution in [1.29, 1.82) is 0 Å². The summed E-state index contributed by atoms with van der Waals surface area (Å²) in [6, 6.07) is 6.94. The Morgan fingerprint density at radius 2 is 1.35 bits per heavy atom. The van der Waals surface area contributed by atoms with Crippen LogP contribution in [-0.4, -0.2) is 87.2 Å². The molecule has 17 heteroatoms. The van der Waals surface area contributed by atoms with Gasteiger partial charge >= 0.3 is 18.4 Å². The number of nitrogens with one attached hydrogen (secondary N) is 3. The summed E-state index contributed by atoms with van der Waals surface area (Å²) in [7, 11) is 1.81. The van der Waals surface area contributed by atoms with Crippen molar-refractivity contribution in [3.63, 3.8) is 0 Å². The van der Waals surface area contributed by atoms with Gasteiger partial charge in [0.15, 0.2) is 0 Å². The minimum absolute atomic E-state index is 0.0708. The van der Waals surface area contributed by atoms with Crippen molar-refractivity contribution in [1.82, 2.24) is 25.9 Å². The molecule has 11 nitrogen and oxygen atoms in total. The minimum Gasteiger partial charge on any atom is -0.444 e. The fourth-order valence-electron chi connectivity index (χ4n) is 5.72. The monoisotopic (exact) mass is 791 g/mol. The lowest BCUT2D eigenvalue weighted by molar-refractivity contribution is -0.144. The molecule has 312 valence electrons. The molecule has 0 spiro atoms. The van der Waals surface area contributed by atoms with Gasteiger partial charge in [0.2, 0.25) is 11.7 Å². The van der Waals surface area contributed by atoms with Crippen molar-refractivity contribution in [3.8, 4) is 0 Å². The van der Waals surface area contributed by atoms with E-state index in [0.717, 1.165) is 69.2 Å². The lowest BCUT2D eigenvalue weighted by Crippen LogP contribution is -2.37. The van der Waals surface area contributed by atoms with Crippen LogP contribution in [0.5, 0.6) is 0 Å². The molecule has 1 aromatic heterocycles. The molecule has 2 aliphatic heterocycles. The molecule has 0 saturated carbocycles. The van der Waals surface area contributed by atoms with E-state index in [2.05, 4.69) is 25.9 Å². The number of hydrogen-bond acceptors (Lipinski definition) is 9. The summed E-state index contributed by atoms with van der Waals surface area (Å²) in [5, 5.41) is 8.32. The average Bonchev–Trinajstić information content (AvgIpc) is 3.69. The van der Waals surface area contributed by atoms with Crippen LogP contribution in [0, 0.1) is 5.92 Å². The molecule has 2 aromatic rings. The van der Waals surface area contributed by atoms with Gasteiger partial charge in [0.1, 0.15) is 24.0 Å². The van der Waals surface area contributed by atoms with Crippen LogP contribution in [0.4, 0.5) is 42.8 Å². The predicted octanol–water partition coefficient (Wildman–Crippen LogP) is 7.43. The molecule has 0 aliphatic carbocycles. The predicted molar refractivity (Wildman–Crippen MR) is 202 cm³/mol. The molecule has 0 atom stereocenters. The molecule has 3 N–H and O–H groups in total. The van der Waals surface area contributed by atoms with Crippen LogP contribution in [0.1, 0.15) is 96.5 Å². The van der Waals surface area contributed by atoms with Crippen molar-refractivity contribution in [2.45, 2.75) is 104 Å². The lowest BCUT2D eigenvalue weighted by Gasteiger charge is -2.33. The van der Waals surface area contributed by atoms with Gasteiger partial charge in [-0.05, 0) is 103 Å². The molecule has 2 fully saturated rings. The summed E-state index contributed by atoms with van der Waals surface area (Å²) < 4.78 is 81.9. The second kappa shape index (κ2) is 24.4. The van der Waals surface area contributed by atoms with Crippen LogP contribution in [0.3, 0.4) is 0 Å². The first-order valence-electron chi connectivity index (χ1n) is 18.7. The maximum atomic E-state index is 13.4. The quantitative estimate of drug-likeness (QED) is 0.149. The highest BCUT2D eigenvalue weighted by Crippen LogP contribution is 2.33. The number of piperidine rings is 1. The van der Waals surface area contributed by atoms with Crippen LogP contribution < -0.4 is 25.8 Å². The van der Waals surface area contributed by atoms with Crippen LogP contribution in [0.15, 0.2) is 30.3 Å². The van der Waals surface area contributed by atoms with E-state index in [1.165, 1.54) is 12.1 Å². The third kappa shape index (κ3) is 19.3. The number of anilines is 2. The summed E-state index contributed by atoms with van der Waals surface area (Å²) >= 11 is 0. The number of rotatable bonds is 12. The van der Waals surface area contributed by atoms with Crippen LogP contribution >= 0.6 is 0 Å². The highest BCUT2D eigenvalue weighted by atomic mass is 19.4. The number of benzene rings is 1. The van der Waals surface area contributed by atoms with Crippen LogP contribution in [-0.2, 0) is 33.1 Å². The van der Waals surface area contributed by atoms with E-state index in [-0.39, 0.29) is 12.5 Å². The van der Waals surface area contributed by atoms with Gasteiger partial charge in [-0.2, -0.15) is 26.3 Å². The Morgan fingerprint density at radius 1 is 0.818 bits per heavy atom. The van der Waals surface area contributed by atoms with Gasteiger partial charge in [-0.15, -0.1) is 0 Å². The van der Waals surface area contributed by atoms with Crippen molar-refractivity contribution < 1.29 is 45.5 Å². The number of amides is 2. The van der Waals surface area contributed by atoms with E-state index >= 15 is 0 Å². The molecular weight excluding hydrogens is 732 g/mol. The molecule has 55 heavy (non-hydrogen) atoms. The second-order valence-corrected chi connectivity index (χ2v) is 13.7. The van der Waals surface area contributed by atoms with E-state index in [1.807, 2.05) is 37.5 Å². The third-order valence-electron chi connectivity index (χ3n) is 8.40. The van der Waals surface area contributed by atoms with Gasteiger partial charge in [-0.1, -0.05) is 26.0 Å². The van der Waals surface area contributed by atoms with Crippen molar-refractivity contribution >= 4 is 30.4 Å². The van der Waals surface area contributed by atoms with Gasteiger partial charge in [0.05, 0.1) is 5.56 Å². The van der Waals surface area contributed by atoms with Crippen molar-refractivity contribution in [2.75, 3.05) is 62.7 Å². The molecule has 0 bridgehead atoms. The zero-order valence-electron chi connectivity index (χ0n) is 33.0. The Morgan fingerprint density at radius 3 is 1.84 bits per heavy atom. The van der Waals surface area contributed by atoms with Crippen molar-refractivity contribution in [2.24, 2.45) is 5.92 Å². The van der Waals surface area contributed by atoms with Gasteiger partial charge in [0, 0.05) is 51.8 Å². The Balaban J connectivity index is 0.000000700. The number of halogens is 6. The molecule has 4 rings (SSSR count).